The topological polar surface area (TPSA) is 96.0 Å². The molecule has 2 aliphatic rings. The van der Waals surface area contributed by atoms with Crippen LogP contribution in [0.5, 0.6) is 0 Å². The van der Waals surface area contributed by atoms with E-state index in [-0.39, 0.29) is 16.6 Å². The molecule has 3 heterocycles. The van der Waals surface area contributed by atoms with E-state index < -0.39 is 0 Å². The van der Waals surface area contributed by atoms with E-state index >= 15 is 0 Å². The maximum absolute atomic E-state index is 12.4. The minimum atomic E-state index is -0.368. The number of nitro groups is 1. The van der Waals surface area contributed by atoms with Crippen molar-refractivity contribution in [1.82, 2.24) is 19.6 Å². The third-order valence-corrected chi connectivity index (χ3v) is 6.49. The van der Waals surface area contributed by atoms with Gasteiger partial charge in [-0.05, 0) is 23.7 Å². The van der Waals surface area contributed by atoms with Crippen LogP contribution < -0.4 is 10.2 Å². The van der Waals surface area contributed by atoms with Crippen LogP contribution in [0, 0.1) is 16.0 Å². The Bertz CT molecular complexity index is 857. The lowest BCUT2D eigenvalue weighted by molar-refractivity contribution is -0.389. The minimum absolute atomic E-state index is 0.0221. The van der Waals surface area contributed by atoms with Crippen LogP contribution >= 0.6 is 11.3 Å². The van der Waals surface area contributed by atoms with Crippen LogP contribution in [0.1, 0.15) is 32.6 Å². The van der Waals surface area contributed by atoms with E-state index in [1.807, 2.05) is 4.90 Å². The van der Waals surface area contributed by atoms with Crippen molar-refractivity contribution in [3.05, 3.63) is 21.7 Å². The van der Waals surface area contributed by atoms with Gasteiger partial charge in [0.1, 0.15) is 6.20 Å². The quantitative estimate of drug-likeness (QED) is 0.604. The molecule has 152 valence electrons. The predicted molar refractivity (Wildman–Crippen MR) is 108 cm³/mol. The third kappa shape index (κ3) is 3.97. The molecule has 0 spiro atoms. The van der Waals surface area contributed by atoms with E-state index in [1.165, 1.54) is 28.6 Å². The van der Waals surface area contributed by atoms with Crippen molar-refractivity contribution in [3.8, 4) is 0 Å². The highest BCUT2D eigenvalue weighted by Crippen LogP contribution is 2.31. The molecule has 1 aliphatic carbocycles. The van der Waals surface area contributed by atoms with Gasteiger partial charge < -0.3 is 20.3 Å². The van der Waals surface area contributed by atoms with Crippen LogP contribution in [-0.4, -0.2) is 63.9 Å². The molecule has 2 atom stereocenters. The summed E-state index contributed by atoms with van der Waals surface area (Å²) in [5.74, 6) is 1.22. The summed E-state index contributed by atoms with van der Waals surface area (Å²) in [5.41, 5.74) is 0. The molecule has 2 aromatic rings. The molecule has 2 aromatic heterocycles. The molecule has 1 saturated heterocycles. The highest BCUT2D eigenvalue weighted by molar-refractivity contribution is 7.15. The van der Waals surface area contributed by atoms with Gasteiger partial charge in [-0.1, -0.05) is 31.1 Å². The minimum Gasteiger partial charge on any atom is -0.358 e. The van der Waals surface area contributed by atoms with Crippen molar-refractivity contribution in [3.63, 3.8) is 0 Å². The van der Waals surface area contributed by atoms with Crippen LogP contribution in [0.2, 0.25) is 0 Å². The first kappa shape index (κ1) is 19.1. The average molecular weight is 407 g/mol. The monoisotopic (exact) mass is 406 g/mol. The van der Waals surface area contributed by atoms with Crippen LogP contribution in [-0.2, 0) is 4.79 Å². The molecule has 4 rings (SSSR count). The number of hydrogen-bond donors (Lipinski definition) is 1. The predicted octanol–water partition coefficient (Wildman–Crippen LogP) is 2.12. The summed E-state index contributed by atoms with van der Waals surface area (Å²) in [4.78, 5) is 32.7. The molecule has 10 heteroatoms. The first-order valence-corrected chi connectivity index (χ1v) is 10.8. The number of carbonyl (C=O) groups excluding carboxylic acids is 1. The lowest BCUT2D eigenvalue weighted by atomic mass is 9.87. The molecule has 28 heavy (non-hydrogen) atoms. The number of thiazole rings is 1. The van der Waals surface area contributed by atoms with Gasteiger partial charge in [0.2, 0.25) is 11.7 Å². The van der Waals surface area contributed by atoms with E-state index in [1.54, 1.807) is 11.6 Å². The second-order valence-corrected chi connectivity index (χ2v) is 8.74. The molecule has 1 aliphatic heterocycles. The van der Waals surface area contributed by atoms with Crippen molar-refractivity contribution in [2.45, 2.75) is 38.6 Å². The largest absolute Gasteiger partial charge is 0.373 e. The highest BCUT2D eigenvalue weighted by atomic mass is 32.1. The van der Waals surface area contributed by atoms with E-state index in [9.17, 15) is 14.9 Å². The third-order valence-electron chi connectivity index (χ3n) is 5.73. The van der Waals surface area contributed by atoms with Crippen molar-refractivity contribution in [1.29, 1.82) is 0 Å². The molecular weight excluding hydrogens is 380 g/mol. The Labute approximate surface area is 167 Å². The number of anilines is 1. The number of rotatable bonds is 5. The van der Waals surface area contributed by atoms with Gasteiger partial charge in [-0.15, -0.1) is 0 Å². The Kier molecular flexibility index (Phi) is 5.49. The zero-order chi connectivity index (χ0) is 19.7. The fraction of sp³-hybridized carbons (Fsp3) is 0.667. The van der Waals surface area contributed by atoms with Crippen molar-refractivity contribution < 1.29 is 9.72 Å². The summed E-state index contributed by atoms with van der Waals surface area (Å²) in [6.45, 7) is 5.27. The molecule has 0 aromatic carbocycles. The van der Waals surface area contributed by atoms with Gasteiger partial charge in [0.15, 0.2) is 0 Å². The highest BCUT2D eigenvalue weighted by Gasteiger charge is 2.30. The maximum atomic E-state index is 12.4. The Balaban J connectivity index is 1.32. The summed E-state index contributed by atoms with van der Waals surface area (Å²) in [6, 6.07) is 0.304. The number of nitrogens with zero attached hydrogens (tertiary/aromatic N) is 5. The van der Waals surface area contributed by atoms with Gasteiger partial charge in [-0.25, -0.2) is 0 Å². The summed E-state index contributed by atoms with van der Waals surface area (Å²) in [6.07, 6.45) is 6.27. The standard InChI is InChI=1S/C18H26N6O3S/c1-13-3-2-4-14(11-13)19-15(25)12-21-5-7-22(8-6-21)16-17(24(26)27)23-9-10-28-18(23)20-16/h9-10,13-14H,2-8,11-12H2,1H3,(H,19,25). The van der Waals surface area contributed by atoms with Crippen LogP contribution in [0.3, 0.4) is 0 Å². The number of imidazole rings is 1. The molecular formula is C18H26N6O3S. The average Bonchev–Trinajstić information content (AvgIpc) is 3.23. The normalized spacial score (nSPS) is 23.8. The smallest absolute Gasteiger partial charge is 0.358 e. The summed E-state index contributed by atoms with van der Waals surface area (Å²) in [7, 11) is 0. The SMILES string of the molecule is CC1CCCC(NC(=O)CN2CCN(c3nc4sccn4c3[N+](=O)[O-])CC2)C1. The summed E-state index contributed by atoms with van der Waals surface area (Å²) < 4.78 is 1.53. The first-order chi connectivity index (χ1) is 13.5. The number of hydrogen-bond acceptors (Lipinski definition) is 7. The van der Waals surface area contributed by atoms with Gasteiger partial charge in [0.25, 0.3) is 4.96 Å². The van der Waals surface area contributed by atoms with E-state index in [0.717, 1.165) is 12.8 Å². The van der Waals surface area contributed by atoms with Crippen molar-refractivity contribution in [2.24, 2.45) is 5.92 Å². The Hall–Kier alpha value is -2.20. The molecule has 1 amide bonds. The molecule has 0 radical (unpaired) electrons. The van der Waals surface area contributed by atoms with E-state index in [4.69, 9.17) is 0 Å². The van der Waals surface area contributed by atoms with Gasteiger partial charge in [0, 0.05) is 37.6 Å². The second-order valence-electron chi connectivity index (χ2n) is 7.87. The Morgan fingerprint density at radius 3 is 2.86 bits per heavy atom. The number of nitrogens with one attached hydrogen (secondary N) is 1. The molecule has 2 fully saturated rings. The van der Waals surface area contributed by atoms with Gasteiger partial charge in [-0.3, -0.25) is 9.69 Å². The summed E-state index contributed by atoms with van der Waals surface area (Å²) >= 11 is 1.39. The van der Waals surface area contributed by atoms with Gasteiger partial charge in [-0.2, -0.15) is 9.38 Å². The Morgan fingerprint density at radius 1 is 1.36 bits per heavy atom. The fourth-order valence-electron chi connectivity index (χ4n) is 4.30. The van der Waals surface area contributed by atoms with Crippen molar-refractivity contribution >= 4 is 33.8 Å². The summed E-state index contributed by atoms with van der Waals surface area (Å²) in [5, 5.41) is 16.5. The van der Waals surface area contributed by atoms with Gasteiger partial charge in [0.05, 0.1) is 6.54 Å². The number of aromatic nitrogens is 2. The zero-order valence-electron chi connectivity index (χ0n) is 16.0. The van der Waals surface area contributed by atoms with Crippen LogP contribution in [0.25, 0.3) is 4.96 Å². The first-order valence-electron chi connectivity index (χ1n) is 9.88. The molecule has 2 unspecified atom stereocenters. The molecule has 1 N–H and O–H groups in total. The molecule has 1 saturated carbocycles. The maximum Gasteiger partial charge on any atom is 0.373 e. The van der Waals surface area contributed by atoms with E-state index in [0.29, 0.717) is 55.5 Å². The lowest BCUT2D eigenvalue weighted by Gasteiger charge is -2.34. The molecule has 9 nitrogen and oxygen atoms in total. The number of carbonyl (C=O) groups is 1. The number of amides is 1. The number of fused-ring (bicyclic) bond motifs is 1. The zero-order valence-corrected chi connectivity index (χ0v) is 16.9. The molecule has 0 bridgehead atoms. The van der Waals surface area contributed by atoms with E-state index in [2.05, 4.69) is 22.1 Å². The van der Waals surface area contributed by atoms with Crippen LogP contribution in [0.15, 0.2) is 11.6 Å². The van der Waals surface area contributed by atoms with Crippen LogP contribution in [0.4, 0.5) is 11.6 Å². The lowest BCUT2D eigenvalue weighted by Crippen LogP contribution is -2.51. The fourth-order valence-corrected chi connectivity index (χ4v) is 5.01. The Morgan fingerprint density at radius 2 is 2.14 bits per heavy atom. The van der Waals surface area contributed by atoms with Gasteiger partial charge >= 0.3 is 5.82 Å². The second kappa shape index (κ2) is 8.04. The van der Waals surface area contributed by atoms with Crippen molar-refractivity contribution in [2.75, 3.05) is 37.6 Å². The number of piperazine rings is 1.